The summed E-state index contributed by atoms with van der Waals surface area (Å²) in [5, 5.41) is 12.6. The molecule has 0 radical (unpaired) electrons. The Morgan fingerprint density at radius 2 is 2.64 bits per heavy atom. The molecular weight excluding hydrogens is 184 g/mol. The maximum atomic E-state index is 10.6. The summed E-state index contributed by atoms with van der Waals surface area (Å²) in [5.74, 6) is -0.511. The molecule has 0 aliphatic carbocycles. The third-order valence-electron chi connectivity index (χ3n) is 2.33. The quantitative estimate of drug-likeness (QED) is 0.769. The van der Waals surface area contributed by atoms with E-state index in [-0.39, 0.29) is 5.69 Å². The Balaban J connectivity index is 1.98. The van der Waals surface area contributed by atoms with E-state index in [1.165, 1.54) is 6.07 Å². The number of rotatable bonds is 3. The lowest BCUT2D eigenvalue weighted by Gasteiger charge is -2.06. The Hall–Kier alpha value is -1.36. The van der Waals surface area contributed by atoms with E-state index in [4.69, 9.17) is 9.84 Å². The number of carboxylic acid groups (broad SMARTS) is 1. The smallest absolute Gasteiger partial charge is 0.356 e. The summed E-state index contributed by atoms with van der Waals surface area (Å²) in [6.45, 7) is 2.30. The van der Waals surface area contributed by atoms with Crippen LogP contribution in [0, 0.1) is 5.92 Å². The normalized spacial score (nSPS) is 21.3. The Morgan fingerprint density at radius 1 is 1.79 bits per heavy atom. The Morgan fingerprint density at radius 3 is 3.21 bits per heavy atom. The van der Waals surface area contributed by atoms with Gasteiger partial charge in [0.25, 0.3) is 0 Å². The Labute approximate surface area is 81.3 Å². The first-order valence-corrected chi connectivity index (χ1v) is 4.60. The van der Waals surface area contributed by atoms with Crippen molar-refractivity contribution >= 4 is 5.97 Å². The lowest BCUT2D eigenvalue weighted by molar-refractivity contribution is 0.0689. The molecule has 2 heterocycles. The summed E-state index contributed by atoms with van der Waals surface area (Å²) >= 11 is 0. The molecule has 5 heteroatoms. The highest BCUT2D eigenvalue weighted by Gasteiger charge is 2.17. The highest BCUT2D eigenvalue weighted by atomic mass is 16.5. The lowest BCUT2D eigenvalue weighted by atomic mass is 10.1. The van der Waals surface area contributed by atoms with Gasteiger partial charge in [-0.25, -0.2) is 4.79 Å². The molecule has 0 saturated carbocycles. The number of carboxylic acids is 1. The highest BCUT2D eigenvalue weighted by Crippen LogP contribution is 2.14. The zero-order chi connectivity index (χ0) is 9.97. The van der Waals surface area contributed by atoms with Gasteiger partial charge in [-0.05, 0) is 12.5 Å². The first kappa shape index (κ1) is 9.21. The monoisotopic (exact) mass is 196 g/mol. The molecule has 5 nitrogen and oxygen atoms in total. The predicted molar refractivity (Wildman–Crippen MR) is 48.1 cm³/mol. The number of ether oxygens (including phenoxy) is 1. The minimum atomic E-state index is -0.980. The minimum absolute atomic E-state index is 0.101. The Kier molecular flexibility index (Phi) is 2.49. The van der Waals surface area contributed by atoms with Crippen molar-refractivity contribution in [3.63, 3.8) is 0 Å². The molecule has 1 saturated heterocycles. The molecule has 2 rings (SSSR count). The first-order chi connectivity index (χ1) is 6.75. The third kappa shape index (κ3) is 1.93. The van der Waals surface area contributed by atoms with E-state index in [1.54, 1.807) is 10.9 Å². The summed E-state index contributed by atoms with van der Waals surface area (Å²) in [4.78, 5) is 10.6. The van der Waals surface area contributed by atoms with E-state index >= 15 is 0 Å². The molecule has 1 aromatic heterocycles. The van der Waals surface area contributed by atoms with Gasteiger partial charge in [-0.3, -0.25) is 4.68 Å². The molecule has 1 atom stereocenters. The molecule has 1 aromatic rings. The molecule has 0 bridgehead atoms. The van der Waals surface area contributed by atoms with Gasteiger partial charge in [0.1, 0.15) is 0 Å². The van der Waals surface area contributed by atoms with Crippen LogP contribution < -0.4 is 0 Å². The molecule has 0 amide bonds. The molecule has 76 valence electrons. The van der Waals surface area contributed by atoms with Crippen LogP contribution in [0.25, 0.3) is 0 Å². The minimum Gasteiger partial charge on any atom is -0.476 e. The van der Waals surface area contributed by atoms with Crippen molar-refractivity contribution in [2.75, 3.05) is 13.2 Å². The van der Waals surface area contributed by atoms with Crippen molar-refractivity contribution in [3.05, 3.63) is 18.0 Å². The second kappa shape index (κ2) is 3.79. The lowest BCUT2D eigenvalue weighted by Crippen LogP contribution is -2.11. The molecule has 1 aliphatic rings. The number of aromatic carboxylic acids is 1. The fourth-order valence-electron chi connectivity index (χ4n) is 1.57. The van der Waals surface area contributed by atoms with Crippen LogP contribution in [0.5, 0.6) is 0 Å². The van der Waals surface area contributed by atoms with Crippen LogP contribution in [0.15, 0.2) is 12.3 Å². The zero-order valence-electron chi connectivity index (χ0n) is 7.72. The van der Waals surface area contributed by atoms with Gasteiger partial charge in [-0.2, -0.15) is 5.10 Å². The van der Waals surface area contributed by atoms with Crippen LogP contribution in [0.1, 0.15) is 16.9 Å². The molecule has 1 unspecified atom stereocenters. The average Bonchev–Trinajstić information content (AvgIpc) is 2.75. The van der Waals surface area contributed by atoms with Gasteiger partial charge >= 0.3 is 5.97 Å². The van der Waals surface area contributed by atoms with E-state index in [2.05, 4.69) is 5.10 Å². The van der Waals surface area contributed by atoms with Gasteiger partial charge in [0.05, 0.1) is 6.61 Å². The van der Waals surface area contributed by atoms with Gasteiger partial charge in [0.2, 0.25) is 0 Å². The van der Waals surface area contributed by atoms with Gasteiger partial charge in [0, 0.05) is 25.3 Å². The molecule has 1 aliphatic heterocycles. The molecule has 0 spiro atoms. The Bertz CT molecular complexity index is 329. The van der Waals surface area contributed by atoms with Crippen molar-refractivity contribution in [2.24, 2.45) is 5.92 Å². The first-order valence-electron chi connectivity index (χ1n) is 4.60. The molecule has 1 fully saturated rings. The summed E-state index contributed by atoms with van der Waals surface area (Å²) < 4.78 is 6.90. The highest BCUT2D eigenvalue weighted by molar-refractivity contribution is 5.84. The maximum absolute atomic E-state index is 10.6. The van der Waals surface area contributed by atoms with E-state index in [0.717, 1.165) is 26.2 Å². The number of nitrogens with zero attached hydrogens (tertiary/aromatic N) is 2. The number of hydrogen-bond acceptors (Lipinski definition) is 3. The van der Waals surface area contributed by atoms with Crippen LogP contribution in [-0.2, 0) is 11.3 Å². The van der Waals surface area contributed by atoms with Crippen molar-refractivity contribution in [2.45, 2.75) is 13.0 Å². The van der Waals surface area contributed by atoms with Crippen molar-refractivity contribution in [3.8, 4) is 0 Å². The average molecular weight is 196 g/mol. The molecular formula is C9H12N2O3. The van der Waals surface area contributed by atoms with Crippen LogP contribution in [0.4, 0.5) is 0 Å². The van der Waals surface area contributed by atoms with Crippen LogP contribution in [-0.4, -0.2) is 34.1 Å². The van der Waals surface area contributed by atoms with Gasteiger partial charge in [-0.15, -0.1) is 0 Å². The van der Waals surface area contributed by atoms with Crippen molar-refractivity contribution in [1.29, 1.82) is 0 Å². The van der Waals surface area contributed by atoms with Gasteiger partial charge < -0.3 is 9.84 Å². The van der Waals surface area contributed by atoms with Crippen LogP contribution >= 0.6 is 0 Å². The summed E-state index contributed by atoms with van der Waals surface area (Å²) in [6.07, 6.45) is 2.73. The van der Waals surface area contributed by atoms with E-state index in [9.17, 15) is 4.79 Å². The second-order valence-electron chi connectivity index (χ2n) is 3.46. The van der Waals surface area contributed by atoms with E-state index in [0.29, 0.717) is 5.92 Å². The van der Waals surface area contributed by atoms with Crippen LogP contribution in [0.3, 0.4) is 0 Å². The summed E-state index contributed by atoms with van der Waals surface area (Å²) in [6, 6.07) is 1.51. The topological polar surface area (TPSA) is 64.3 Å². The van der Waals surface area contributed by atoms with Crippen molar-refractivity contribution in [1.82, 2.24) is 9.78 Å². The standard InChI is InChI=1S/C9H12N2O3/c12-9(13)8-1-3-11(10-8)5-7-2-4-14-6-7/h1,3,7H,2,4-6H2,(H,12,13). The van der Waals surface area contributed by atoms with Gasteiger partial charge in [-0.1, -0.05) is 0 Å². The molecule has 14 heavy (non-hydrogen) atoms. The molecule has 0 aromatic carbocycles. The zero-order valence-corrected chi connectivity index (χ0v) is 7.72. The fourth-order valence-corrected chi connectivity index (χ4v) is 1.57. The van der Waals surface area contributed by atoms with Gasteiger partial charge in [0.15, 0.2) is 5.69 Å². The summed E-state index contributed by atoms with van der Waals surface area (Å²) in [7, 11) is 0. The summed E-state index contributed by atoms with van der Waals surface area (Å²) in [5.41, 5.74) is 0.101. The predicted octanol–water partition coefficient (Wildman–Crippen LogP) is 0.618. The van der Waals surface area contributed by atoms with Crippen LogP contribution in [0.2, 0.25) is 0 Å². The van der Waals surface area contributed by atoms with E-state index in [1.807, 2.05) is 0 Å². The number of aromatic nitrogens is 2. The third-order valence-corrected chi connectivity index (χ3v) is 2.33. The largest absolute Gasteiger partial charge is 0.476 e. The van der Waals surface area contributed by atoms with E-state index < -0.39 is 5.97 Å². The SMILES string of the molecule is O=C(O)c1ccn(CC2CCOC2)n1. The number of hydrogen-bond donors (Lipinski definition) is 1. The maximum Gasteiger partial charge on any atom is 0.356 e. The second-order valence-corrected chi connectivity index (χ2v) is 3.46. The van der Waals surface area contributed by atoms with Crippen molar-refractivity contribution < 1.29 is 14.6 Å². The molecule has 1 N–H and O–H groups in total. The fraction of sp³-hybridized carbons (Fsp3) is 0.556. The number of carbonyl (C=O) groups is 1.